The Morgan fingerprint density at radius 2 is 1.89 bits per heavy atom. The first-order valence-electron chi connectivity index (χ1n) is 3.25. The number of aliphatic hydroxyl groups is 1. The molecule has 0 bridgehead atoms. The van der Waals surface area contributed by atoms with Gasteiger partial charge in [-0.25, -0.2) is 0 Å². The van der Waals surface area contributed by atoms with Crippen LogP contribution in [0.5, 0.6) is 0 Å². The first-order valence-corrected chi connectivity index (χ1v) is 4.40. The van der Waals surface area contributed by atoms with E-state index in [0.29, 0.717) is 5.41 Å². The van der Waals surface area contributed by atoms with Crippen molar-refractivity contribution in [3.05, 3.63) is 0 Å². The fourth-order valence-electron chi connectivity index (χ4n) is 0.443. The molecule has 0 spiro atoms. The van der Waals surface area contributed by atoms with E-state index in [2.05, 4.69) is 20.8 Å². The molecule has 1 N–H and O–H groups in total. The van der Waals surface area contributed by atoms with E-state index < -0.39 is 0 Å². The minimum atomic E-state index is 0.260. The van der Waals surface area contributed by atoms with E-state index in [9.17, 15) is 0 Å². The van der Waals surface area contributed by atoms with Crippen LogP contribution < -0.4 is 0 Å². The molecule has 0 aromatic carbocycles. The molecule has 0 fully saturated rings. The minimum absolute atomic E-state index is 0.260. The third-order valence-electron chi connectivity index (χ3n) is 1.09. The van der Waals surface area contributed by atoms with Crippen molar-refractivity contribution in [1.82, 2.24) is 0 Å². The second-order valence-electron chi connectivity index (χ2n) is 3.35. The van der Waals surface area contributed by atoms with Crippen molar-refractivity contribution in [2.45, 2.75) is 27.2 Å². The van der Waals surface area contributed by atoms with Gasteiger partial charge in [-0.15, -0.1) is 11.8 Å². The third-order valence-corrected chi connectivity index (χ3v) is 1.76. The fraction of sp³-hybridized carbons (Fsp3) is 1.00. The molecule has 0 saturated carbocycles. The highest BCUT2D eigenvalue weighted by Gasteiger charge is 2.08. The van der Waals surface area contributed by atoms with Crippen LogP contribution >= 0.6 is 11.8 Å². The molecule has 0 atom stereocenters. The monoisotopic (exact) mass is 148 g/mol. The van der Waals surface area contributed by atoms with Gasteiger partial charge in [0.15, 0.2) is 0 Å². The lowest BCUT2D eigenvalue weighted by Crippen LogP contribution is -2.05. The molecule has 2 heteroatoms. The summed E-state index contributed by atoms with van der Waals surface area (Å²) in [7, 11) is 0. The number of hydrogen-bond donors (Lipinski definition) is 1. The van der Waals surface area contributed by atoms with Gasteiger partial charge >= 0.3 is 0 Å². The summed E-state index contributed by atoms with van der Waals surface area (Å²) < 4.78 is 0. The normalized spacial score (nSPS) is 12.0. The summed E-state index contributed by atoms with van der Waals surface area (Å²) in [4.78, 5) is 0. The van der Waals surface area contributed by atoms with Crippen LogP contribution in [0.4, 0.5) is 0 Å². The second kappa shape index (κ2) is 4.18. The quantitative estimate of drug-likeness (QED) is 0.488. The standard InChI is InChI=1S/C7H16OS/c1-7(2,3)4-5-9-6-8/h8H,4-6H2,1-3H3. The molecule has 0 aromatic rings. The van der Waals surface area contributed by atoms with Crippen LogP contribution in [-0.4, -0.2) is 16.8 Å². The predicted molar refractivity (Wildman–Crippen MR) is 43.6 cm³/mol. The molecule has 0 amide bonds. The average Bonchev–Trinajstić information content (AvgIpc) is 1.63. The predicted octanol–water partition coefficient (Wildman–Crippen LogP) is 2.11. The Bertz CT molecular complexity index is 65.8. The summed E-state index contributed by atoms with van der Waals surface area (Å²) in [6.45, 7) is 6.64. The topological polar surface area (TPSA) is 20.2 Å². The van der Waals surface area contributed by atoms with Crippen molar-refractivity contribution in [2.24, 2.45) is 5.41 Å². The van der Waals surface area contributed by atoms with Crippen molar-refractivity contribution in [3.63, 3.8) is 0 Å². The Balaban J connectivity index is 3.07. The summed E-state index contributed by atoms with van der Waals surface area (Å²) >= 11 is 1.59. The highest BCUT2D eigenvalue weighted by Crippen LogP contribution is 2.20. The van der Waals surface area contributed by atoms with Gasteiger partial charge in [0.05, 0.1) is 5.94 Å². The van der Waals surface area contributed by atoms with E-state index in [1.165, 1.54) is 6.42 Å². The molecule has 0 aliphatic rings. The van der Waals surface area contributed by atoms with Crippen LogP contribution in [0.3, 0.4) is 0 Å². The van der Waals surface area contributed by atoms with E-state index >= 15 is 0 Å². The van der Waals surface area contributed by atoms with E-state index in [0.717, 1.165) is 5.75 Å². The van der Waals surface area contributed by atoms with Crippen LogP contribution in [0.15, 0.2) is 0 Å². The molecular weight excluding hydrogens is 132 g/mol. The lowest BCUT2D eigenvalue weighted by atomic mass is 9.94. The Hall–Kier alpha value is 0.310. The van der Waals surface area contributed by atoms with Crippen LogP contribution in [0, 0.1) is 5.41 Å². The van der Waals surface area contributed by atoms with Crippen LogP contribution in [0.1, 0.15) is 27.2 Å². The lowest BCUT2D eigenvalue weighted by molar-refractivity contribution is 0.372. The summed E-state index contributed by atoms with van der Waals surface area (Å²) in [5, 5.41) is 8.43. The molecule has 0 aromatic heterocycles. The van der Waals surface area contributed by atoms with Gasteiger partial charge in [0, 0.05) is 0 Å². The Morgan fingerprint density at radius 1 is 1.33 bits per heavy atom. The minimum Gasteiger partial charge on any atom is -0.386 e. The largest absolute Gasteiger partial charge is 0.386 e. The van der Waals surface area contributed by atoms with Gasteiger partial charge in [-0.1, -0.05) is 20.8 Å². The van der Waals surface area contributed by atoms with Gasteiger partial charge < -0.3 is 5.11 Å². The van der Waals surface area contributed by atoms with Gasteiger partial charge in [0.2, 0.25) is 0 Å². The molecular formula is C7H16OS. The summed E-state index contributed by atoms with van der Waals surface area (Å²) in [5.74, 6) is 1.33. The lowest BCUT2D eigenvalue weighted by Gasteiger charge is -2.16. The van der Waals surface area contributed by atoms with E-state index in [-0.39, 0.29) is 5.94 Å². The molecule has 0 heterocycles. The molecule has 0 aliphatic carbocycles. The average molecular weight is 148 g/mol. The maximum absolute atomic E-state index is 8.43. The first kappa shape index (κ1) is 9.31. The maximum atomic E-state index is 8.43. The number of rotatable bonds is 3. The zero-order valence-corrected chi connectivity index (χ0v) is 7.29. The van der Waals surface area contributed by atoms with Gasteiger partial charge in [0.25, 0.3) is 0 Å². The van der Waals surface area contributed by atoms with E-state index in [1.807, 2.05) is 0 Å². The van der Waals surface area contributed by atoms with Gasteiger partial charge in [-0.05, 0) is 17.6 Å². The highest BCUT2D eigenvalue weighted by atomic mass is 32.2. The van der Waals surface area contributed by atoms with Gasteiger partial charge in [-0.3, -0.25) is 0 Å². The van der Waals surface area contributed by atoms with Crippen molar-refractivity contribution < 1.29 is 5.11 Å². The third kappa shape index (κ3) is 8.31. The SMILES string of the molecule is CC(C)(C)CCSCO. The van der Waals surface area contributed by atoms with Gasteiger partial charge in [-0.2, -0.15) is 0 Å². The van der Waals surface area contributed by atoms with Crippen LogP contribution in [-0.2, 0) is 0 Å². The zero-order chi connectivity index (χ0) is 7.33. The Kier molecular flexibility index (Phi) is 4.32. The summed E-state index contributed by atoms with van der Waals surface area (Å²) in [5.41, 5.74) is 0.419. The van der Waals surface area contributed by atoms with Crippen LogP contribution in [0.25, 0.3) is 0 Å². The van der Waals surface area contributed by atoms with E-state index in [4.69, 9.17) is 5.11 Å². The molecule has 9 heavy (non-hydrogen) atoms. The number of thioether (sulfide) groups is 1. The second-order valence-corrected chi connectivity index (χ2v) is 4.42. The highest BCUT2D eigenvalue weighted by molar-refractivity contribution is 7.99. The molecule has 0 saturated heterocycles. The smallest absolute Gasteiger partial charge is 0.0885 e. The molecule has 0 radical (unpaired) electrons. The summed E-state index contributed by atoms with van der Waals surface area (Å²) in [6.07, 6.45) is 1.18. The molecule has 0 unspecified atom stereocenters. The Labute approximate surface area is 61.8 Å². The molecule has 0 rings (SSSR count). The number of aliphatic hydroxyl groups excluding tert-OH is 1. The molecule has 56 valence electrons. The van der Waals surface area contributed by atoms with Crippen LogP contribution in [0.2, 0.25) is 0 Å². The van der Waals surface area contributed by atoms with Crippen molar-refractivity contribution in [3.8, 4) is 0 Å². The van der Waals surface area contributed by atoms with Crippen molar-refractivity contribution in [1.29, 1.82) is 0 Å². The Morgan fingerprint density at radius 3 is 2.22 bits per heavy atom. The molecule has 1 nitrogen and oxygen atoms in total. The van der Waals surface area contributed by atoms with E-state index in [1.54, 1.807) is 11.8 Å². The summed E-state index contributed by atoms with van der Waals surface area (Å²) in [6, 6.07) is 0. The maximum Gasteiger partial charge on any atom is 0.0885 e. The number of hydrogen-bond acceptors (Lipinski definition) is 2. The first-order chi connectivity index (χ1) is 4.06. The van der Waals surface area contributed by atoms with Crippen molar-refractivity contribution >= 4 is 11.8 Å². The molecule has 0 aliphatic heterocycles. The van der Waals surface area contributed by atoms with Gasteiger partial charge in [0.1, 0.15) is 0 Å². The fourth-order valence-corrected chi connectivity index (χ4v) is 1.33. The van der Waals surface area contributed by atoms with Crippen molar-refractivity contribution in [2.75, 3.05) is 11.7 Å². The zero-order valence-electron chi connectivity index (χ0n) is 6.48.